The van der Waals surface area contributed by atoms with Gasteiger partial charge in [0.25, 0.3) is 6.17 Å². The molecule has 1 aromatic heterocycles. The van der Waals surface area contributed by atoms with Crippen LogP contribution in [0.5, 0.6) is 11.5 Å². The molecular weight excluding hydrogens is 456 g/mol. The zero-order chi connectivity index (χ0) is 24.1. The zero-order valence-corrected chi connectivity index (χ0v) is 19.9. The van der Waals surface area contributed by atoms with E-state index in [0.29, 0.717) is 29.0 Å². The number of aromatic amines is 1. The van der Waals surface area contributed by atoms with Crippen LogP contribution in [0.3, 0.4) is 0 Å². The Hall–Kier alpha value is -3.53. The van der Waals surface area contributed by atoms with Gasteiger partial charge >= 0.3 is 17.2 Å². The number of nitrogens with one attached hydrogen (secondary N) is 2. The van der Waals surface area contributed by atoms with E-state index in [0.717, 1.165) is 35.4 Å². The maximum Gasteiger partial charge on any atom is 0.341 e. The van der Waals surface area contributed by atoms with Gasteiger partial charge in [0.05, 0.1) is 17.9 Å². The monoisotopic (exact) mass is 483 g/mol. The number of hydrogen-bond acceptors (Lipinski definition) is 7. The van der Waals surface area contributed by atoms with Gasteiger partial charge in [-0.05, 0) is 48.4 Å². The Balaban J connectivity index is 1.79. The fourth-order valence-electron chi connectivity index (χ4n) is 3.71. The number of rotatable bonds is 10. The van der Waals surface area contributed by atoms with E-state index < -0.39 is 18.7 Å². The van der Waals surface area contributed by atoms with Crippen LogP contribution < -0.4 is 25.0 Å². The minimum Gasteiger partial charge on any atom is -0.490 e. The summed E-state index contributed by atoms with van der Waals surface area (Å²) in [6, 6.07) is 12.9. The number of hydrogen-bond donors (Lipinski definition) is 3. The second kappa shape index (κ2) is 10.6. The molecule has 0 spiro atoms. The normalized spacial score (nSPS) is 14.0. The van der Waals surface area contributed by atoms with E-state index in [-0.39, 0.29) is 5.56 Å². The maximum atomic E-state index is 13.2. The maximum absolute atomic E-state index is 13.2. The molecule has 9 nitrogen and oxygen atoms in total. The van der Waals surface area contributed by atoms with Crippen molar-refractivity contribution in [3.05, 3.63) is 58.4 Å². The molecule has 34 heavy (non-hydrogen) atoms. The van der Waals surface area contributed by atoms with E-state index in [9.17, 15) is 9.59 Å². The molecule has 10 heteroatoms. The Morgan fingerprint density at radius 1 is 1.18 bits per heavy atom. The zero-order valence-electron chi connectivity index (χ0n) is 19.0. The fourth-order valence-corrected chi connectivity index (χ4v) is 4.65. The molecular formula is C24H27N4O5S+. The molecule has 0 amide bonds. The first-order valence-electron chi connectivity index (χ1n) is 11.2. The highest BCUT2D eigenvalue weighted by atomic mass is 32.2. The lowest BCUT2D eigenvalue weighted by Crippen LogP contribution is -2.55. The number of unbranched alkanes of at least 4 members (excludes halogenated alkanes) is 1. The molecule has 0 fully saturated rings. The average Bonchev–Trinajstić information content (AvgIpc) is 2.83. The van der Waals surface area contributed by atoms with Gasteiger partial charge in [-0.15, -0.1) is 0 Å². The third-order valence-electron chi connectivity index (χ3n) is 5.25. The van der Waals surface area contributed by atoms with Crippen LogP contribution >= 0.6 is 11.8 Å². The fraction of sp³-hybridized carbons (Fsp3) is 0.333. The van der Waals surface area contributed by atoms with Crippen molar-refractivity contribution in [1.82, 2.24) is 10.1 Å². The molecule has 2 heterocycles. The molecule has 0 saturated heterocycles. The molecule has 0 bridgehead atoms. The quantitative estimate of drug-likeness (QED) is 0.228. The van der Waals surface area contributed by atoms with E-state index in [4.69, 9.17) is 19.7 Å². The van der Waals surface area contributed by atoms with Gasteiger partial charge in [0.2, 0.25) is 5.16 Å². The smallest absolute Gasteiger partial charge is 0.341 e. The number of H-pyrrole nitrogens is 1. The predicted octanol–water partition coefficient (Wildman–Crippen LogP) is 3.45. The third-order valence-corrected chi connectivity index (χ3v) is 6.20. The van der Waals surface area contributed by atoms with E-state index in [1.807, 2.05) is 37.3 Å². The highest BCUT2D eigenvalue weighted by Crippen LogP contribution is 2.35. The largest absolute Gasteiger partial charge is 0.490 e. The summed E-state index contributed by atoms with van der Waals surface area (Å²) in [6.07, 6.45) is 1.60. The summed E-state index contributed by atoms with van der Waals surface area (Å²) in [4.78, 5) is 27.0. The Morgan fingerprint density at radius 2 is 2.00 bits per heavy atom. The number of ether oxygens (including phenoxy) is 2. The van der Waals surface area contributed by atoms with Crippen molar-refractivity contribution < 1.29 is 24.1 Å². The average molecular weight is 484 g/mol. The van der Waals surface area contributed by atoms with Gasteiger partial charge in [-0.25, -0.2) is 4.79 Å². The number of para-hydroxylation sites is 1. The van der Waals surface area contributed by atoms with Gasteiger partial charge in [-0.1, -0.05) is 37.2 Å². The number of fused-ring (bicyclic) bond motifs is 3. The highest BCUT2D eigenvalue weighted by Gasteiger charge is 2.38. The lowest BCUT2D eigenvalue weighted by atomic mass is 10.0. The van der Waals surface area contributed by atoms with Crippen LogP contribution in [-0.4, -0.2) is 40.1 Å². The molecule has 0 saturated carbocycles. The summed E-state index contributed by atoms with van der Waals surface area (Å²) >= 11 is 1.52. The Labute approximate surface area is 201 Å². The van der Waals surface area contributed by atoms with Crippen molar-refractivity contribution in [3.8, 4) is 22.8 Å². The van der Waals surface area contributed by atoms with Crippen LogP contribution in [0.15, 0.2) is 52.4 Å². The predicted molar refractivity (Wildman–Crippen MR) is 129 cm³/mol. The van der Waals surface area contributed by atoms with Gasteiger partial charge in [0.1, 0.15) is 0 Å². The second-order valence-corrected chi connectivity index (χ2v) is 8.75. The van der Waals surface area contributed by atoms with Crippen molar-refractivity contribution in [2.24, 2.45) is 0 Å². The number of nitrogens with zero attached hydrogens (tertiary/aromatic N) is 2. The van der Waals surface area contributed by atoms with Crippen LogP contribution in [-0.2, 0) is 4.79 Å². The number of carbonyl (C=O) groups is 1. The van der Waals surface area contributed by atoms with Gasteiger partial charge < -0.3 is 19.9 Å². The number of thioether (sulfide) groups is 1. The van der Waals surface area contributed by atoms with Gasteiger partial charge in [0, 0.05) is 16.4 Å². The van der Waals surface area contributed by atoms with Crippen LogP contribution in [0.2, 0.25) is 0 Å². The molecule has 3 N–H and O–H groups in total. The second-order valence-electron chi connectivity index (χ2n) is 7.67. The molecule has 178 valence electrons. The highest BCUT2D eigenvalue weighted by molar-refractivity contribution is 7.99. The summed E-state index contributed by atoms with van der Waals surface area (Å²) in [5, 5.41) is 17.8. The van der Waals surface area contributed by atoms with Crippen molar-refractivity contribution in [3.63, 3.8) is 0 Å². The molecule has 4 rings (SSSR count). The number of anilines is 1. The SMILES string of the molecule is CCCCSc1n[n+]2c(c(=O)[nH]1)-c1ccccc1N[C@H]2c1ccc(OCC(=O)O)c(OCC)c1. The summed E-state index contributed by atoms with van der Waals surface area (Å²) in [7, 11) is 0. The first kappa shape index (κ1) is 23.6. The minimum absolute atomic E-state index is 0.209. The van der Waals surface area contributed by atoms with Crippen LogP contribution in [0.1, 0.15) is 38.4 Å². The van der Waals surface area contributed by atoms with Crippen LogP contribution in [0.25, 0.3) is 11.3 Å². The molecule has 1 atom stereocenters. The standard InChI is InChI=1S/C24H26N4O5S/c1-3-5-12-34-24-26-23(31)21-16-8-6-7-9-17(16)25-22(28(21)27-24)15-10-11-18(33-14-20(29)30)19(13-15)32-4-2/h6-11,13,22H,3-5,12,14H2,1-2H3,(H2,26,27,29,30,31)/p+1/t22-/m1/s1. The molecule has 1 aliphatic rings. The van der Waals surface area contributed by atoms with Crippen molar-refractivity contribution in [2.75, 3.05) is 24.3 Å². The summed E-state index contributed by atoms with van der Waals surface area (Å²) in [6.45, 7) is 3.87. The summed E-state index contributed by atoms with van der Waals surface area (Å²) < 4.78 is 12.8. The third kappa shape index (κ3) is 5.01. The molecule has 0 unspecified atom stereocenters. The molecule has 1 aliphatic heterocycles. The van der Waals surface area contributed by atoms with Crippen molar-refractivity contribution in [2.45, 2.75) is 38.0 Å². The Bertz CT molecular complexity index is 1250. The number of carboxylic acid groups (broad SMARTS) is 1. The molecule has 0 radical (unpaired) electrons. The van der Waals surface area contributed by atoms with E-state index >= 15 is 0 Å². The lowest BCUT2D eigenvalue weighted by molar-refractivity contribution is -0.759. The van der Waals surface area contributed by atoms with Crippen molar-refractivity contribution in [1.29, 1.82) is 0 Å². The van der Waals surface area contributed by atoms with Crippen LogP contribution in [0, 0.1) is 0 Å². The first-order valence-corrected chi connectivity index (χ1v) is 12.2. The molecule has 0 aliphatic carbocycles. The number of benzene rings is 2. The topological polar surface area (TPSA) is 117 Å². The van der Waals surface area contributed by atoms with Gasteiger partial charge in [-0.3, -0.25) is 9.78 Å². The number of aliphatic carboxylic acids is 1. The van der Waals surface area contributed by atoms with E-state index in [1.165, 1.54) is 11.8 Å². The first-order chi connectivity index (χ1) is 16.5. The van der Waals surface area contributed by atoms with E-state index in [2.05, 4.69) is 17.2 Å². The van der Waals surface area contributed by atoms with Crippen molar-refractivity contribution >= 4 is 23.4 Å². The van der Waals surface area contributed by atoms with Crippen LogP contribution in [0.4, 0.5) is 5.69 Å². The Morgan fingerprint density at radius 3 is 2.76 bits per heavy atom. The Kier molecular flexibility index (Phi) is 7.36. The minimum atomic E-state index is -1.07. The summed E-state index contributed by atoms with van der Waals surface area (Å²) in [5.41, 5.74) is 2.62. The number of carboxylic acids is 1. The van der Waals surface area contributed by atoms with Gasteiger partial charge in [-0.2, -0.15) is 0 Å². The molecule has 2 aromatic carbocycles. The van der Waals surface area contributed by atoms with E-state index in [1.54, 1.807) is 16.8 Å². The van der Waals surface area contributed by atoms with Gasteiger partial charge in [0.15, 0.2) is 18.1 Å². The number of aromatic nitrogens is 3. The molecule has 3 aromatic rings. The lowest BCUT2D eigenvalue weighted by Gasteiger charge is -2.23. The summed E-state index contributed by atoms with van der Waals surface area (Å²) in [5.74, 6) is 0.547.